The summed E-state index contributed by atoms with van der Waals surface area (Å²) in [6.07, 6.45) is 0. The van der Waals surface area contributed by atoms with Crippen LogP contribution in [0.5, 0.6) is 0 Å². The molecule has 0 bridgehead atoms. The van der Waals surface area contributed by atoms with Crippen LogP contribution in [-0.4, -0.2) is 0 Å². The summed E-state index contributed by atoms with van der Waals surface area (Å²) in [4.78, 5) is 0. The number of benzene rings is 11. The van der Waals surface area contributed by atoms with Crippen molar-refractivity contribution in [2.24, 2.45) is 0 Å². The van der Waals surface area contributed by atoms with E-state index in [-0.39, 0.29) is 0 Å². The van der Waals surface area contributed by atoms with Gasteiger partial charge < -0.3 is 4.42 Å². The van der Waals surface area contributed by atoms with Crippen LogP contribution in [0.1, 0.15) is 22.3 Å². The molecule has 1 aromatic heterocycles. The second-order valence-electron chi connectivity index (χ2n) is 16.3. The highest BCUT2D eigenvalue weighted by atomic mass is 16.3. The minimum absolute atomic E-state index is 0.502. The van der Waals surface area contributed by atoms with Crippen LogP contribution in [0, 0.1) is 0 Å². The fourth-order valence-electron chi connectivity index (χ4n) is 11.3. The van der Waals surface area contributed by atoms with E-state index >= 15 is 0 Å². The lowest BCUT2D eigenvalue weighted by molar-refractivity contribution is 0.669. The van der Waals surface area contributed by atoms with E-state index in [1.165, 1.54) is 104 Å². The zero-order valence-corrected chi connectivity index (χ0v) is 31.4. The van der Waals surface area contributed by atoms with Gasteiger partial charge in [0.15, 0.2) is 0 Å². The Morgan fingerprint density at radius 3 is 1.67 bits per heavy atom. The van der Waals surface area contributed by atoms with Crippen LogP contribution in [0.3, 0.4) is 0 Å². The number of hydrogen-bond donors (Lipinski definition) is 0. The number of hydrogen-bond acceptors (Lipinski definition) is 1. The van der Waals surface area contributed by atoms with Gasteiger partial charge in [-0.05, 0) is 134 Å². The van der Waals surface area contributed by atoms with Gasteiger partial charge in [-0.15, -0.1) is 0 Å². The SMILES string of the molecule is c1ccc2c(c1)-c1ccccc1C21c2cc(-c3ccc4ccc5cccc6ccc3c4c56)ccc2-c2ccc3c(-c4ccc5c(c4)oc4ccccc45)cccc3c21. The lowest BCUT2D eigenvalue weighted by Crippen LogP contribution is -2.26. The molecule has 0 radical (unpaired) electrons. The molecule has 11 aromatic carbocycles. The maximum Gasteiger partial charge on any atom is 0.136 e. The Kier molecular flexibility index (Phi) is 5.76. The van der Waals surface area contributed by atoms with Crippen molar-refractivity contribution in [3.8, 4) is 44.5 Å². The second kappa shape index (κ2) is 10.9. The summed E-state index contributed by atoms with van der Waals surface area (Å²) in [7, 11) is 0. The third-order valence-electron chi connectivity index (χ3n) is 13.6. The highest BCUT2D eigenvalue weighted by Crippen LogP contribution is 2.64. The predicted molar refractivity (Wildman–Crippen MR) is 242 cm³/mol. The van der Waals surface area contributed by atoms with Crippen LogP contribution in [0.2, 0.25) is 0 Å². The van der Waals surface area contributed by atoms with Crippen LogP contribution in [0.25, 0.3) is 110 Å². The number of para-hydroxylation sites is 1. The van der Waals surface area contributed by atoms with Gasteiger partial charge in [-0.1, -0.05) is 170 Å². The predicted octanol–water partition coefficient (Wildman–Crippen LogP) is 15.3. The molecule has 0 aliphatic heterocycles. The Balaban J connectivity index is 1.06. The summed E-state index contributed by atoms with van der Waals surface area (Å²) in [6, 6.07) is 72.8. The molecule has 2 aliphatic carbocycles. The van der Waals surface area contributed by atoms with Gasteiger partial charge in [-0.2, -0.15) is 0 Å². The van der Waals surface area contributed by atoms with Gasteiger partial charge in [0.2, 0.25) is 0 Å². The van der Waals surface area contributed by atoms with Gasteiger partial charge in [0, 0.05) is 10.8 Å². The van der Waals surface area contributed by atoms with Crippen molar-refractivity contribution in [2.75, 3.05) is 0 Å². The summed E-state index contributed by atoms with van der Waals surface area (Å²) < 4.78 is 6.40. The molecule has 0 atom stereocenters. The van der Waals surface area contributed by atoms with Crippen molar-refractivity contribution < 1.29 is 4.42 Å². The largest absolute Gasteiger partial charge is 0.456 e. The molecule has 12 aromatic rings. The van der Waals surface area contributed by atoms with Crippen LogP contribution in [-0.2, 0) is 5.41 Å². The average molecular weight is 733 g/mol. The van der Waals surface area contributed by atoms with Crippen LogP contribution in [0.4, 0.5) is 0 Å². The molecule has 0 fully saturated rings. The Labute approximate surface area is 334 Å². The molecule has 0 N–H and O–H groups in total. The first-order valence-corrected chi connectivity index (χ1v) is 20.2. The van der Waals surface area contributed by atoms with E-state index in [0.29, 0.717) is 0 Å². The van der Waals surface area contributed by atoms with Gasteiger partial charge >= 0.3 is 0 Å². The minimum Gasteiger partial charge on any atom is -0.456 e. The molecule has 1 heteroatoms. The van der Waals surface area contributed by atoms with Crippen molar-refractivity contribution in [1.82, 2.24) is 0 Å². The third kappa shape index (κ3) is 3.72. The van der Waals surface area contributed by atoms with E-state index < -0.39 is 5.41 Å². The number of furan rings is 1. The van der Waals surface area contributed by atoms with Crippen molar-refractivity contribution in [1.29, 1.82) is 0 Å². The second-order valence-corrected chi connectivity index (χ2v) is 16.3. The molecular formula is C57H32O. The lowest BCUT2D eigenvalue weighted by Gasteiger charge is -2.32. The molecule has 2 aliphatic rings. The monoisotopic (exact) mass is 732 g/mol. The molecule has 0 saturated heterocycles. The molecule has 58 heavy (non-hydrogen) atoms. The molecular weight excluding hydrogens is 701 g/mol. The van der Waals surface area contributed by atoms with E-state index in [4.69, 9.17) is 4.42 Å². The highest BCUT2D eigenvalue weighted by Gasteiger charge is 2.52. The quantitative estimate of drug-likeness (QED) is 0.161. The van der Waals surface area contributed by atoms with Gasteiger partial charge in [0.05, 0.1) is 5.41 Å². The van der Waals surface area contributed by atoms with E-state index in [9.17, 15) is 0 Å². The van der Waals surface area contributed by atoms with Crippen molar-refractivity contribution in [3.05, 3.63) is 216 Å². The molecule has 0 unspecified atom stereocenters. The zero-order chi connectivity index (χ0) is 37.7. The highest BCUT2D eigenvalue weighted by molar-refractivity contribution is 6.25. The van der Waals surface area contributed by atoms with E-state index in [1.54, 1.807) is 0 Å². The van der Waals surface area contributed by atoms with Crippen LogP contribution in [0.15, 0.2) is 199 Å². The zero-order valence-electron chi connectivity index (χ0n) is 31.4. The summed E-state index contributed by atoms with van der Waals surface area (Å²) >= 11 is 0. The van der Waals surface area contributed by atoms with E-state index in [2.05, 4.69) is 188 Å². The van der Waals surface area contributed by atoms with Gasteiger partial charge in [-0.25, -0.2) is 0 Å². The van der Waals surface area contributed by atoms with Crippen LogP contribution >= 0.6 is 0 Å². The summed E-state index contributed by atoms with van der Waals surface area (Å²) in [5.41, 5.74) is 16.9. The lowest BCUT2D eigenvalue weighted by atomic mass is 9.69. The van der Waals surface area contributed by atoms with Crippen molar-refractivity contribution >= 4 is 65.0 Å². The van der Waals surface area contributed by atoms with Gasteiger partial charge in [-0.3, -0.25) is 0 Å². The molecule has 0 amide bonds. The molecule has 1 heterocycles. The summed E-state index contributed by atoms with van der Waals surface area (Å²) in [5, 5.41) is 12.7. The van der Waals surface area contributed by atoms with Gasteiger partial charge in [0.25, 0.3) is 0 Å². The first-order valence-electron chi connectivity index (χ1n) is 20.2. The third-order valence-corrected chi connectivity index (χ3v) is 13.6. The Morgan fingerprint density at radius 2 is 0.828 bits per heavy atom. The standard InChI is InChI=1S/C57H32O/c1-4-16-49-41(11-1)42-12-2-5-17-50(42)57(49)51-31-36(39-25-21-35-20-19-33-9-7-10-34-22-28-46(39)55(35)54(33)34)23-26-43(51)48-30-29-40-38(14-8-15-47(40)56(48)57)37-24-27-45-44-13-3-6-18-52(44)58-53(45)32-37/h1-32H. The summed E-state index contributed by atoms with van der Waals surface area (Å²) in [5.74, 6) is 0. The Morgan fingerprint density at radius 1 is 0.293 bits per heavy atom. The fourth-order valence-corrected chi connectivity index (χ4v) is 11.3. The molecule has 1 nitrogen and oxygen atoms in total. The first kappa shape index (κ1) is 30.7. The van der Waals surface area contributed by atoms with E-state index in [1.807, 2.05) is 6.07 Å². The fraction of sp³-hybridized carbons (Fsp3) is 0.0175. The van der Waals surface area contributed by atoms with Crippen LogP contribution < -0.4 is 0 Å². The number of fused-ring (bicyclic) bond motifs is 15. The van der Waals surface area contributed by atoms with Gasteiger partial charge in [0.1, 0.15) is 11.2 Å². The molecule has 266 valence electrons. The minimum atomic E-state index is -0.502. The van der Waals surface area contributed by atoms with Crippen molar-refractivity contribution in [3.63, 3.8) is 0 Å². The normalized spacial score (nSPS) is 13.7. The summed E-state index contributed by atoms with van der Waals surface area (Å²) in [6.45, 7) is 0. The maximum atomic E-state index is 6.40. The smallest absolute Gasteiger partial charge is 0.136 e. The van der Waals surface area contributed by atoms with Crippen molar-refractivity contribution in [2.45, 2.75) is 5.41 Å². The van der Waals surface area contributed by atoms with E-state index in [0.717, 1.165) is 27.5 Å². The average Bonchev–Trinajstić information content (AvgIpc) is 3.91. The first-order chi connectivity index (χ1) is 28.8. The molecule has 1 spiro atoms. The Bertz CT molecular complexity index is 3690. The molecule has 0 saturated carbocycles. The number of rotatable bonds is 2. The molecule has 14 rings (SSSR count). The topological polar surface area (TPSA) is 13.1 Å². The maximum absolute atomic E-state index is 6.40. The Hall–Kier alpha value is -7.48.